The zero-order chi connectivity index (χ0) is 6.85. The lowest BCUT2D eigenvalue weighted by atomic mass is 10.2. The van der Waals surface area contributed by atoms with Gasteiger partial charge in [-0.3, -0.25) is 9.80 Å². The van der Waals surface area contributed by atoms with Gasteiger partial charge in [-0.25, -0.2) is 0 Å². The lowest BCUT2D eigenvalue weighted by Crippen LogP contribution is -2.36. The molecule has 0 saturated heterocycles. The van der Waals surface area contributed by atoms with E-state index in [9.17, 15) is 4.79 Å². The molecule has 4 heteroatoms. The van der Waals surface area contributed by atoms with Gasteiger partial charge >= 0.3 is 0 Å². The van der Waals surface area contributed by atoms with Gasteiger partial charge in [0.05, 0.1) is 0 Å². The Morgan fingerprint density at radius 2 is 2.67 bits per heavy atom. The van der Waals surface area contributed by atoms with Crippen LogP contribution in [0.1, 0.15) is 6.42 Å². The van der Waals surface area contributed by atoms with E-state index in [0.29, 0.717) is 6.42 Å². The van der Waals surface area contributed by atoms with Gasteiger partial charge in [-0.1, -0.05) is 0 Å². The van der Waals surface area contributed by atoms with Crippen molar-refractivity contribution in [3.8, 4) is 0 Å². The van der Waals surface area contributed by atoms with Crippen molar-refractivity contribution < 1.29 is 4.79 Å². The van der Waals surface area contributed by atoms with Gasteiger partial charge in [0, 0.05) is 19.7 Å². The summed E-state index contributed by atoms with van der Waals surface area (Å²) in [6.45, 7) is 0. The maximum atomic E-state index is 10.5. The Morgan fingerprint density at radius 3 is 2.89 bits per heavy atom. The van der Waals surface area contributed by atoms with Crippen LogP contribution in [0.4, 0.5) is 0 Å². The molecule has 1 heterocycles. The first-order valence-corrected chi connectivity index (χ1v) is 2.76. The highest BCUT2D eigenvalue weighted by molar-refractivity contribution is 5.84. The van der Waals surface area contributed by atoms with E-state index in [2.05, 4.69) is 5.10 Å². The largest absolute Gasteiger partial charge is 0.368 e. The second-order valence-electron chi connectivity index (χ2n) is 2.03. The summed E-state index contributed by atoms with van der Waals surface area (Å²) in [4.78, 5) is 10.5. The summed E-state index contributed by atoms with van der Waals surface area (Å²) in [7, 11) is 1.74. The van der Waals surface area contributed by atoms with Crippen molar-refractivity contribution >= 4 is 12.1 Å². The Balaban J connectivity index is 2.55. The molecular weight excluding hydrogens is 118 g/mol. The average Bonchev–Trinajstić information content (AvgIpc) is 2.13. The number of hydrazone groups is 1. The molecule has 0 fully saturated rings. The number of rotatable bonds is 1. The number of hydrogen-bond acceptors (Lipinski definition) is 3. The Bertz CT molecular complexity index is 154. The van der Waals surface area contributed by atoms with Crippen molar-refractivity contribution in [1.82, 2.24) is 5.01 Å². The summed E-state index contributed by atoms with van der Waals surface area (Å²) in [6.07, 6.45) is 2.33. The van der Waals surface area contributed by atoms with Crippen LogP contribution in [-0.4, -0.2) is 30.2 Å². The SMILES string of the molecule is CN1N=CCC1C(N)=O. The second-order valence-corrected chi connectivity index (χ2v) is 2.03. The zero-order valence-corrected chi connectivity index (χ0v) is 5.24. The van der Waals surface area contributed by atoms with Crippen molar-refractivity contribution in [3.05, 3.63) is 0 Å². The van der Waals surface area contributed by atoms with E-state index in [0.717, 1.165) is 0 Å². The quantitative estimate of drug-likeness (QED) is 0.499. The Hall–Kier alpha value is -1.06. The molecule has 0 aliphatic carbocycles. The number of carbonyl (C=O) groups excluding carboxylic acids is 1. The van der Waals surface area contributed by atoms with Crippen LogP contribution in [0.3, 0.4) is 0 Å². The molecule has 0 spiro atoms. The molecule has 0 saturated carbocycles. The van der Waals surface area contributed by atoms with E-state index in [4.69, 9.17) is 5.73 Å². The predicted molar refractivity (Wildman–Crippen MR) is 33.9 cm³/mol. The fraction of sp³-hybridized carbons (Fsp3) is 0.600. The molecule has 0 radical (unpaired) electrons. The fourth-order valence-electron chi connectivity index (χ4n) is 0.809. The molecule has 1 aliphatic rings. The average molecular weight is 127 g/mol. The highest BCUT2D eigenvalue weighted by Crippen LogP contribution is 2.05. The first-order valence-electron chi connectivity index (χ1n) is 2.76. The molecule has 0 aromatic heterocycles. The summed E-state index contributed by atoms with van der Waals surface area (Å²) in [5.41, 5.74) is 5.03. The van der Waals surface area contributed by atoms with Gasteiger partial charge in [0.1, 0.15) is 6.04 Å². The molecule has 2 N–H and O–H groups in total. The number of primary amides is 1. The van der Waals surface area contributed by atoms with Crippen molar-refractivity contribution in [1.29, 1.82) is 0 Å². The Kier molecular flexibility index (Phi) is 1.38. The Labute approximate surface area is 53.3 Å². The van der Waals surface area contributed by atoms with Crippen molar-refractivity contribution in [2.24, 2.45) is 10.8 Å². The van der Waals surface area contributed by atoms with Crippen LogP contribution in [-0.2, 0) is 4.79 Å². The summed E-state index contributed by atoms with van der Waals surface area (Å²) in [5.74, 6) is -0.310. The van der Waals surface area contributed by atoms with E-state index in [1.807, 2.05) is 0 Å². The maximum absolute atomic E-state index is 10.5. The topological polar surface area (TPSA) is 58.7 Å². The summed E-state index contributed by atoms with van der Waals surface area (Å²) in [5, 5.41) is 5.42. The molecule has 50 valence electrons. The summed E-state index contributed by atoms with van der Waals surface area (Å²) >= 11 is 0. The summed E-state index contributed by atoms with van der Waals surface area (Å²) < 4.78 is 0. The van der Waals surface area contributed by atoms with E-state index in [-0.39, 0.29) is 11.9 Å². The van der Waals surface area contributed by atoms with Gasteiger partial charge in [-0.2, -0.15) is 5.10 Å². The van der Waals surface area contributed by atoms with Gasteiger partial charge < -0.3 is 5.73 Å². The number of likely N-dealkylation sites (N-methyl/N-ethyl adjacent to an activating group) is 1. The van der Waals surface area contributed by atoms with Gasteiger partial charge in [0.25, 0.3) is 0 Å². The van der Waals surface area contributed by atoms with Crippen LogP contribution in [0.2, 0.25) is 0 Å². The van der Waals surface area contributed by atoms with Gasteiger partial charge in [0.2, 0.25) is 5.91 Å². The van der Waals surface area contributed by atoms with Crippen LogP contribution < -0.4 is 5.73 Å². The minimum absolute atomic E-state index is 0.218. The lowest BCUT2D eigenvalue weighted by Gasteiger charge is -2.13. The summed E-state index contributed by atoms with van der Waals surface area (Å²) in [6, 6.07) is -0.218. The third-order valence-electron chi connectivity index (χ3n) is 1.37. The predicted octanol–water partition coefficient (Wildman–Crippen LogP) is -0.838. The molecular formula is C5H9N3O. The van der Waals surface area contributed by atoms with E-state index >= 15 is 0 Å². The standard InChI is InChI=1S/C5H9N3O/c1-8-4(5(6)9)2-3-7-8/h3-4H,2H2,1H3,(H2,6,9). The minimum atomic E-state index is -0.310. The monoisotopic (exact) mass is 127 g/mol. The van der Waals surface area contributed by atoms with Crippen LogP contribution >= 0.6 is 0 Å². The fourth-order valence-corrected chi connectivity index (χ4v) is 0.809. The molecule has 1 aliphatic heterocycles. The van der Waals surface area contributed by atoms with Gasteiger partial charge in [0.15, 0.2) is 0 Å². The second kappa shape index (κ2) is 2.05. The van der Waals surface area contributed by atoms with Gasteiger partial charge in [-0.05, 0) is 0 Å². The van der Waals surface area contributed by atoms with Crippen molar-refractivity contribution in [2.75, 3.05) is 7.05 Å². The highest BCUT2D eigenvalue weighted by Gasteiger charge is 2.21. The highest BCUT2D eigenvalue weighted by atomic mass is 16.1. The molecule has 0 aromatic rings. The van der Waals surface area contributed by atoms with Crippen LogP contribution in [0.15, 0.2) is 5.10 Å². The first kappa shape index (κ1) is 6.07. The number of amides is 1. The Morgan fingerprint density at radius 1 is 2.00 bits per heavy atom. The van der Waals surface area contributed by atoms with Crippen LogP contribution in [0.25, 0.3) is 0 Å². The van der Waals surface area contributed by atoms with E-state index in [1.165, 1.54) is 0 Å². The molecule has 1 atom stereocenters. The number of nitrogens with two attached hydrogens (primary N) is 1. The number of hydrogen-bond donors (Lipinski definition) is 1. The normalized spacial score (nSPS) is 25.0. The van der Waals surface area contributed by atoms with Crippen molar-refractivity contribution in [3.63, 3.8) is 0 Å². The molecule has 4 nitrogen and oxygen atoms in total. The zero-order valence-electron chi connectivity index (χ0n) is 5.24. The molecule has 9 heavy (non-hydrogen) atoms. The number of carbonyl (C=O) groups is 1. The van der Waals surface area contributed by atoms with E-state index in [1.54, 1.807) is 18.3 Å². The smallest absolute Gasteiger partial charge is 0.242 e. The molecule has 0 aromatic carbocycles. The molecule has 1 amide bonds. The molecule has 1 unspecified atom stereocenters. The van der Waals surface area contributed by atoms with Gasteiger partial charge in [-0.15, -0.1) is 0 Å². The molecule has 0 bridgehead atoms. The van der Waals surface area contributed by atoms with Crippen LogP contribution in [0.5, 0.6) is 0 Å². The van der Waals surface area contributed by atoms with Crippen molar-refractivity contribution in [2.45, 2.75) is 12.5 Å². The maximum Gasteiger partial charge on any atom is 0.242 e. The minimum Gasteiger partial charge on any atom is -0.368 e. The van der Waals surface area contributed by atoms with E-state index < -0.39 is 0 Å². The number of nitrogens with zero attached hydrogens (tertiary/aromatic N) is 2. The first-order chi connectivity index (χ1) is 4.22. The third kappa shape index (κ3) is 1.01. The lowest BCUT2D eigenvalue weighted by molar-refractivity contribution is -0.122. The van der Waals surface area contributed by atoms with Crippen LogP contribution in [0, 0.1) is 0 Å². The third-order valence-corrected chi connectivity index (χ3v) is 1.37. The molecule has 1 rings (SSSR count).